The summed E-state index contributed by atoms with van der Waals surface area (Å²) >= 11 is 0. The lowest BCUT2D eigenvalue weighted by Crippen LogP contribution is -2.31. The Morgan fingerprint density at radius 1 is 1.06 bits per heavy atom. The van der Waals surface area contributed by atoms with Gasteiger partial charge in [-0.15, -0.1) is 0 Å². The van der Waals surface area contributed by atoms with Crippen LogP contribution in [0.4, 0.5) is 0 Å². The number of ether oxygens (including phenoxy) is 2. The van der Waals surface area contributed by atoms with Gasteiger partial charge in [0.25, 0.3) is 11.7 Å². The fourth-order valence-electron chi connectivity index (χ4n) is 3.98. The topological polar surface area (TPSA) is 107 Å². The first-order chi connectivity index (χ1) is 16.0. The van der Waals surface area contributed by atoms with E-state index in [-0.39, 0.29) is 11.3 Å². The average molecular weight is 448 g/mol. The second-order valence-electron chi connectivity index (χ2n) is 7.50. The number of ketones is 1. The molecule has 1 atom stereocenters. The van der Waals surface area contributed by atoms with Crippen molar-refractivity contribution in [2.75, 3.05) is 20.8 Å². The maximum Gasteiger partial charge on any atom is 0.295 e. The molecule has 1 aliphatic heterocycles. The highest BCUT2D eigenvalue weighted by atomic mass is 16.5. The molecule has 33 heavy (non-hydrogen) atoms. The first-order valence-corrected chi connectivity index (χ1v) is 10.4. The second-order valence-corrected chi connectivity index (χ2v) is 7.50. The zero-order valence-corrected chi connectivity index (χ0v) is 18.3. The van der Waals surface area contributed by atoms with E-state index in [1.54, 1.807) is 55.2 Å². The molecule has 1 N–H and O–H groups in total. The van der Waals surface area contributed by atoms with Crippen molar-refractivity contribution in [1.29, 1.82) is 0 Å². The molecule has 9 heteroatoms. The standard InChI is InChI=1S/C24H24N4O5/c1-32-18-7-6-16(13-19(18)33-2)22(29)20-21(17-5-3-8-25-14-17)28(24(31)23(20)30)11-4-10-27-12-9-26-15-27/h3,5-9,12-15,21,29H,4,10-11H2,1-2H3/b22-20-. The van der Waals surface area contributed by atoms with Gasteiger partial charge in [0.2, 0.25) is 0 Å². The molecule has 1 fully saturated rings. The number of amides is 1. The number of aromatic nitrogens is 3. The quantitative estimate of drug-likeness (QED) is 0.321. The molecule has 4 rings (SSSR count). The minimum absolute atomic E-state index is 0.0165. The Labute approximate surface area is 190 Å². The Hall–Kier alpha value is -4.14. The van der Waals surface area contributed by atoms with E-state index < -0.39 is 17.7 Å². The minimum atomic E-state index is -0.755. The molecule has 3 aromatic rings. The number of imidazole rings is 1. The number of aryl methyl sites for hydroxylation is 1. The van der Waals surface area contributed by atoms with Crippen molar-refractivity contribution in [2.45, 2.75) is 19.0 Å². The lowest BCUT2D eigenvalue weighted by molar-refractivity contribution is -0.139. The highest BCUT2D eigenvalue weighted by Crippen LogP contribution is 2.40. The van der Waals surface area contributed by atoms with Crippen LogP contribution < -0.4 is 9.47 Å². The normalized spacial score (nSPS) is 17.4. The zero-order valence-electron chi connectivity index (χ0n) is 18.3. The molecule has 1 saturated heterocycles. The molecule has 0 saturated carbocycles. The smallest absolute Gasteiger partial charge is 0.295 e. The Morgan fingerprint density at radius 3 is 2.55 bits per heavy atom. The van der Waals surface area contributed by atoms with Gasteiger partial charge in [0.05, 0.1) is 32.2 Å². The van der Waals surface area contributed by atoms with Crippen molar-refractivity contribution >= 4 is 17.4 Å². The van der Waals surface area contributed by atoms with Gasteiger partial charge in [-0.05, 0) is 36.2 Å². The summed E-state index contributed by atoms with van der Waals surface area (Å²) in [6.45, 7) is 0.962. The van der Waals surface area contributed by atoms with Crippen LogP contribution in [-0.2, 0) is 16.1 Å². The molecule has 0 aliphatic carbocycles. The van der Waals surface area contributed by atoms with Crippen LogP contribution in [0.25, 0.3) is 5.76 Å². The highest BCUT2D eigenvalue weighted by molar-refractivity contribution is 6.46. The van der Waals surface area contributed by atoms with E-state index in [2.05, 4.69) is 9.97 Å². The van der Waals surface area contributed by atoms with Crippen molar-refractivity contribution in [3.63, 3.8) is 0 Å². The van der Waals surface area contributed by atoms with E-state index >= 15 is 0 Å². The molecule has 0 spiro atoms. The van der Waals surface area contributed by atoms with Gasteiger partial charge in [-0.2, -0.15) is 0 Å². The van der Waals surface area contributed by atoms with E-state index in [0.717, 1.165) is 0 Å². The van der Waals surface area contributed by atoms with E-state index in [0.29, 0.717) is 42.1 Å². The monoisotopic (exact) mass is 448 g/mol. The average Bonchev–Trinajstić information content (AvgIpc) is 3.46. The Morgan fingerprint density at radius 2 is 1.88 bits per heavy atom. The van der Waals surface area contributed by atoms with Crippen molar-refractivity contribution in [2.24, 2.45) is 0 Å². The Balaban J connectivity index is 1.73. The number of hydrogen-bond donors (Lipinski definition) is 1. The van der Waals surface area contributed by atoms with Gasteiger partial charge in [0.15, 0.2) is 11.5 Å². The van der Waals surface area contributed by atoms with Gasteiger partial charge in [-0.25, -0.2) is 4.98 Å². The summed E-state index contributed by atoms with van der Waals surface area (Å²) in [5.74, 6) is -0.789. The number of carbonyl (C=O) groups is 2. The lowest BCUT2D eigenvalue weighted by Gasteiger charge is -2.25. The fourth-order valence-corrected chi connectivity index (χ4v) is 3.98. The van der Waals surface area contributed by atoms with Gasteiger partial charge in [0, 0.05) is 43.4 Å². The molecule has 1 amide bonds. The number of aliphatic hydroxyl groups is 1. The third-order valence-electron chi connectivity index (χ3n) is 5.57. The van der Waals surface area contributed by atoms with Crippen molar-refractivity contribution in [3.05, 3.63) is 78.1 Å². The number of carbonyl (C=O) groups excluding carboxylic acids is 2. The van der Waals surface area contributed by atoms with Crippen molar-refractivity contribution in [1.82, 2.24) is 19.4 Å². The van der Waals surface area contributed by atoms with Crippen molar-refractivity contribution in [3.8, 4) is 11.5 Å². The van der Waals surface area contributed by atoms with E-state index in [1.807, 2.05) is 10.8 Å². The maximum atomic E-state index is 13.1. The molecule has 9 nitrogen and oxygen atoms in total. The summed E-state index contributed by atoms with van der Waals surface area (Å²) < 4.78 is 12.5. The van der Waals surface area contributed by atoms with E-state index in [9.17, 15) is 14.7 Å². The molecule has 1 unspecified atom stereocenters. The summed E-state index contributed by atoms with van der Waals surface area (Å²) in [6.07, 6.45) is 9.04. The largest absolute Gasteiger partial charge is 0.507 e. The van der Waals surface area contributed by atoms with Gasteiger partial charge < -0.3 is 24.0 Å². The number of likely N-dealkylation sites (tertiary alicyclic amines) is 1. The molecule has 3 heterocycles. The number of methoxy groups -OCH3 is 2. The molecule has 1 aliphatic rings. The lowest BCUT2D eigenvalue weighted by atomic mass is 9.96. The number of nitrogens with zero attached hydrogens (tertiary/aromatic N) is 4. The van der Waals surface area contributed by atoms with Crippen LogP contribution in [0.15, 0.2) is 67.0 Å². The molecular weight excluding hydrogens is 424 g/mol. The van der Waals surface area contributed by atoms with Gasteiger partial charge in [-0.3, -0.25) is 14.6 Å². The van der Waals surface area contributed by atoms with Gasteiger partial charge in [-0.1, -0.05) is 6.07 Å². The van der Waals surface area contributed by atoms with Crippen LogP contribution in [0.1, 0.15) is 23.6 Å². The predicted molar refractivity (Wildman–Crippen MR) is 120 cm³/mol. The number of rotatable bonds is 8. The number of pyridine rings is 1. The molecule has 2 aromatic heterocycles. The van der Waals surface area contributed by atoms with Crippen LogP contribution in [0.3, 0.4) is 0 Å². The minimum Gasteiger partial charge on any atom is -0.507 e. The van der Waals surface area contributed by atoms with Crippen molar-refractivity contribution < 1.29 is 24.2 Å². The molecule has 0 bridgehead atoms. The highest BCUT2D eigenvalue weighted by Gasteiger charge is 2.45. The summed E-state index contributed by atoms with van der Waals surface area (Å²) in [6, 6.07) is 7.58. The Kier molecular flexibility index (Phi) is 6.39. The first-order valence-electron chi connectivity index (χ1n) is 10.4. The second kappa shape index (κ2) is 9.56. The maximum absolute atomic E-state index is 13.1. The predicted octanol–water partition coefficient (Wildman–Crippen LogP) is 2.81. The van der Waals surface area contributed by atoms with Crippen LogP contribution in [-0.4, -0.2) is 57.0 Å². The fraction of sp³-hybridized carbons (Fsp3) is 0.250. The van der Waals surface area contributed by atoms with Crippen LogP contribution in [0.5, 0.6) is 11.5 Å². The Bertz CT molecular complexity index is 1170. The SMILES string of the molecule is COc1ccc(/C(O)=C2/C(=O)C(=O)N(CCCn3ccnc3)C2c2cccnc2)cc1OC. The zero-order chi connectivity index (χ0) is 23.4. The van der Waals surface area contributed by atoms with Crippen LogP contribution in [0.2, 0.25) is 0 Å². The number of hydrogen-bond acceptors (Lipinski definition) is 7. The van der Waals surface area contributed by atoms with Crippen LogP contribution >= 0.6 is 0 Å². The molecule has 1 aromatic carbocycles. The number of benzene rings is 1. The van der Waals surface area contributed by atoms with Gasteiger partial charge in [0.1, 0.15) is 5.76 Å². The summed E-state index contributed by atoms with van der Waals surface area (Å²) in [5, 5.41) is 11.2. The third kappa shape index (κ3) is 4.30. The first kappa shape index (κ1) is 22.1. The number of Topliss-reactive ketones (excluding diaryl/α,β-unsaturated/α-hetero) is 1. The third-order valence-corrected chi connectivity index (χ3v) is 5.57. The van der Waals surface area contributed by atoms with Crippen LogP contribution in [0, 0.1) is 0 Å². The molecule has 170 valence electrons. The van der Waals surface area contributed by atoms with E-state index in [1.165, 1.54) is 19.1 Å². The number of aliphatic hydroxyl groups excluding tert-OH is 1. The molecule has 0 radical (unpaired) electrons. The van der Waals surface area contributed by atoms with E-state index in [4.69, 9.17) is 9.47 Å². The summed E-state index contributed by atoms with van der Waals surface area (Å²) in [7, 11) is 2.99. The molecular formula is C24H24N4O5. The summed E-state index contributed by atoms with van der Waals surface area (Å²) in [4.78, 5) is 35.7. The van der Waals surface area contributed by atoms with Gasteiger partial charge >= 0.3 is 0 Å². The summed E-state index contributed by atoms with van der Waals surface area (Å²) in [5.41, 5.74) is 1.00.